The fourth-order valence-corrected chi connectivity index (χ4v) is 3.14. The van der Waals surface area contributed by atoms with Crippen LogP contribution in [0, 0.1) is 18.8 Å². The van der Waals surface area contributed by atoms with Crippen LogP contribution in [-0.2, 0) is 13.0 Å². The van der Waals surface area contributed by atoms with Gasteiger partial charge in [-0.3, -0.25) is 14.5 Å². The van der Waals surface area contributed by atoms with Gasteiger partial charge in [0, 0.05) is 47.4 Å². The number of amides is 1. The van der Waals surface area contributed by atoms with E-state index in [0.29, 0.717) is 11.4 Å². The number of fused-ring (bicyclic) bond motifs is 1. The first-order valence-corrected chi connectivity index (χ1v) is 9.10. The third kappa shape index (κ3) is 3.90. The third-order valence-electron chi connectivity index (χ3n) is 4.66. The Labute approximate surface area is 158 Å². The highest BCUT2D eigenvalue weighted by atomic mass is 16.1. The van der Waals surface area contributed by atoms with Gasteiger partial charge in [-0.2, -0.15) is 5.10 Å². The molecule has 2 aromatic heterocycles. The number of nitrogens with zero attached hydrogens (tertiary/aromatic N) is 3. The number of anilines is 1. The third-order valence-corrected chi connectivity index (χ3v) is 4.66. The minimum atomic E-state index is -0.171. The zero-order valence-corrected chi connectivity index (χ0v) is 15.2. The number of pyridine rings is 1. The summed E-state index contributed by atoms with van der Waals surface area (Å²) in [4.78, 5) is 16.7. The van der Waals surface area contributed by atoms with E-state index in [1.54, 1.807) is 12.4 Å². The number of rotatable bonds is 2. The van der Waals surface area contributed by atoms with Crippen molar-refractivity contribution in [3.05, 3.63) is 76.7 Å². The van der Waals surface area contributed by atoms with Crippen LogP contribution in [0.1, 0.15) is 45.6 Å². The number of aromatic nitrogens is 3. The summed E-state index contributed by atoms with van der Waals surface area (Å²) >= 11 is 0. The van der Waals surface area contributed by atoms with Gasteiger partial charge in [-0.25, -0.2) is 0 Å². The molecule has 134 valence electrons. The quantitative estimate of drug-likeness (QED) is 0.714. The molecule has 1 aromatic carbocycles. The summed E-state index contributed by atoms with van der Waals surface area (Å²) in [5.41, 5.74) is 4.46. The predicted octanol–water partition coefficient (Wildman–Crippen LogP) is 3.57. The second-order valence-electron chi connectivity index (χ2n) is 6.68. The van der Waals surface area contributed by atoms with E-state index in [0.717, 1.165) is 36.1 Å². The smallest absolute Gasteiger partial charge is 0.256 e. The Balaban J connectivity index is 1.54. The summed E-state index contributed by atoms with van der Waals surface area (Å²) in [6.45, 7) is 2.90. The van der Waals surface area contributed by atoms with Crippen molar-refractivity contribution in [3.63, 3.8) is 0 Å². The number of nitrogens with one attached hydrogen (secondary N) is 1. The van der Waals surface area contributed by atoms with Crippen LogP contribution < -0.4 is 5.32 Å². The lowest BCUT2D eigenvalue weighted by molar-refractivity contribution is 0.102. The number of aryl methyl sites for hydroxylation is 3. The highest BCUT2D eigenvalue weighted by Gasteiger charge is 2.14. The molecule has 1 N–H and O–H groups in total. The molecule has 5 nitrogen and oxygen atoms in total. The molecule has 0 saturated heterocycles. The van der Waals surface area contributed by atoms with Gasteiger partial charge in [-0.1, -0.05) is 17.9 Å². The summed E-state index contributed by atoms with van der Waals surface area (Å²) < 4.78 is 1.99. The second-order valence-corrected chi connectivity index (χ2v) is 6.68. The van der Waals surface area contributed by atoms with E-state index in [9.17, 15) is 4.79 Å². The van der Waals surface area contributed by atoms with Gasteiger partial charge in [0.05, 0.1) is 0 Å². The van der Waals surface area contributed by atoms with Crippen molar-refractivity contribution in [2.75, 3.05) is 5.32 Å². The van der Waals surface area contributed by atoms with Gasteiger partial charge in [0.2, 0.25) is 0 Å². The zero-order valence-electron chi connectivity index (χ0n) is 15.2. The average Bonchev–Trinajstić information content (AvgIpc) is 3.10. The number of hydrogen-bond acceptors (Lipinski definition) is 3. The second kappa shape index (κ2) is 7.46. The summed E-state index contributed by atoms with van der Waals surface area (Å²) in [5, 5.41) is 7.39. The van der Waals surface area contributed by atoms with Crippen LogP contribution in [0.4, 0.5) is 5.82 Å². The van der Waals surface area contributed by atoms with Crippen LogP contribution in [0.15, 0.2) is 48.8 Å². The molecule has 5 heteroatoms. The van der Waals surface area contributed by atoms with E-state index in [1.165, 1.54) is 12.1 Å². The molecular formula is C22H20N4O. The molecule has 0 atom stereocenters. The van der Waals surface area contributed by atoms with E-state index >= 15 is 0 Å². The van der Waals surface area contributed by atoms with Crippen LogP contribution in [0.5, 0.6) is 0 Å². The molecule has 1 aliphatic heterocycles. The molecule has 0 unspecified atom stereocenters. The topological polar surface area (TPSA) is 59.8 Å². The lowest BCUT2D eigenvalue weighted by atomic mass is 10.0. The van der Waals surface area contributed by atoms with Gasteiger partial charge < -0.3 is 5.32 Å². The number of hydrogen-bond donors (Lipinski definition) is 1. The first kappa shape index (κ1) is 17.0. The minimum Gasteiger partial charge on any atom is -0.305 e. The Morgan fingerprint density at radius 3 is 2.93 bits per heavy atom. The Kier molecular flexibility index (Phi) is 4.71. The highest BCUT2D eigenvalue weighted by molar-refractivity contribution is 6.04. The van der Waals surface area contributed by atoms with Crippen molar-refractivity contribution in [2.45, 2.75) is 32.7 Å². The van der Waals surface area contributed by atoms with Gasteiger partial charge in [0.1, 0.15) is 0 Å². The lowest BCUT2D eigenvalue weighted by Crippen LogP contribution is -2.14. The SMILES string of the molecule is Cc1ccc(C(=O)Nc2cc3n(n2)CCCC3)cc1C#Cc1cccnc1. The van der Waals surface area contributed by atoms with E-state index in [4.69, 9.17) is 0 Å². The van der Waals surface area contributed by atoms with E-state index in [-0.39, 0.29) is 5.91 Å². The van der Waals surface area contributed by atoms with E-state index in [1.807, 2.05) is 48.0 Å². The molecule has 0 bridgehead atoms. The van der Waals surface area contributed by atoms with Crippen molar-refractivity contribution < 1.29 is 4.79 Å². The lowest BCUT2D eigenvalue weighted by Gasteiger charge is -2.11. The van der Waals surface area contributed by atoms with Crippen LogP contribution >= 0.6 is 0 Å². The molecular weight excluding hydrogens is 336 g/mol. The summed E-state index contributed by atoms with van der Waals surface area (Å²) in [7, 11) is 0. The maximum Gasteiger partial charge on any atom is 0.256 e. The average molecular weight is 356 g/mol. The van der Waals surface area contributed by atoms with Gasteiger partial charge in [0.25, 0.3) is 5.91 Å². The number of carbonyl (C=O) groups excluding carboxylic acids is 1. The van der Waals surface area contributed by atoms with Crippen LogP contribution in [0.25, 0.3) is 0 Å². The minimum absolute atomic E-state index is 0.171. The summed E-state index contributed by atoms with van der Waals surface area (Å²) in [6, 6.07) is 11.3. The van der Waals surface area contributed by atoms with Crippen molar-refractivity contribution in [1.29, 1.82) is 0 Å². The Hall–Kier alpha value is -3.39. The first-order chi connectivity index (χ1) is 13.2. The predicted molar refractivity (Wildman–Crippen MR) is 105 cm³/mol. The Morgan fingerprint density at radius 1 is 1.19 bits per heavy atom. The molecule has 0 radical (unpaired) electrons. The van der Waals surface area contributed by atoms with E-state index in [2.05, 4.69) is 27.2 Å². The molecule has 3 aromatic rings. The van der Waals surface area contributed by atoms with Crippen LogP contribution in [0.2, 0.25) is 0 Å². The standard InChI is InChI=1S/C22H20N4O/c1-16-7-9-19(13-18(16)10-8-17-5-4-11-23-15-17)22(27)24-21-14-20-6-2-3-12-26(20)25-21/h4-5,7,9,11,13-15H,2-3,6,12H2,1H3,(H,24,25,27). The fraction of sp³-hybridized carbons (Fsp3) is 0.227. The fourth-order valence-electron chi connectivity index (χ4n) is 3.14. The molecule has 4 rings (SSSR count). The summed E-state index contributed by atoms with van der Waals surface area (Å²) in [5.74, 6) is 6.67. The Morgan fingerprint density at radius 2 is 2.11 bits per heavy atom. The van der Waals surface area contributed by atoms with Crippen molar-refractivity contribution >= 4 is 11.7 Å². The van der Waals surface area contributed by atoms with Crippen LogP contribution in [-0.4, -0.2) is 20.7 Å². The molecule has 27 heavy (non-hydrogen) atoms. The van der Waals surface area contributed by atoms with Crippen molar-refractivity contribution in [2.24, 2.45) is 0 Å². The number of benzene rings is 1. The normalized spacial score (nSPS) is 12.6. The summed E-state index contributed by atoms with van der Waals surface area (Å²) in [6.07, 6.45) is 6.77. The molecule has 3 heterocycles. The van der Waals surface area contributed by atoms with Gasteiger partial charge in [-0.15, -0.1) is 0 Å². The molecule has 1 aliphatic rings. The van der Waals surface area contributed by atoms with Crippen LogP contribution in [0.3, 0.4) is 0 Å². The zero-order chi connectivity index (χ0) is 18.6. The molecule has 1 amide bonds. The van der Waals surface area contributed by atoms with Crippen molar-refractivity contribution in [1.82, 2.24) is 14.8 Å². The highest BCUT2D eigenvalue weighted by Crippen LogP contribution is 2.19. The van der Waals surface area contributed by atoms with Crippen molar-refractivity contribution in [3.8, 4) is 11.8 Å². The number of carbonyl (C=O) groups is 1. The maximum atomic E-state index is 12.6. The van der Waals surface area contributed by atoms with Gasteiger partial charge in [0.15, 0.2) is 5.82 Å². The largest absolute Gasteiger partial charge is 0.305 e. The Bertz CT molecular complexity index is 1020. The molecule has 0 saturated carbocycles. The molecule has 0 aliphatic carbocycles. The first-order valence-electron chi connectivity index (χ1n) is 9.10. The molecule has 0 spiro atoms. The molecule has 0 fully saturated rings. The maximum absolute atomic E-state index is 12.6. The van der Waals surface area contributed by atoms with Gasteiger partial charge in [-0.05, 0) is 56.0 Å². The monoisotopic (exact) mass is 356 g/mol. The van der Waals surface area contributed by atoms with E-state index < -0.39 is 0 Å². The van der Waals surface area contributed by atoms with Gasteiger partial charge >= 0.3 is 0 Å².